The third-order valence-corrected chi connectivity index (χ3v) is 4.88. The third-order valence-electron chi connectivity index (χ3n) is 4.88. The molecule has 0 fully saturated rings. The summed E-state index contributed by atoms with van der Waals surface area (Å²) in [5.41, 5.74) is 3.93. The molecule has 0 aliphatic carbocycles. The monoisotopic (exact) mass is 418 g/mol. The van der Waals surface area contributed by atoms with Gasteiger partial charge in [0.25, 0.3) is 11.8 Å². The first-order chi connectivity index (χ1) is 14.9. The Morgan fingerprint density at radius 1 is 0.903 bits per heavy atom. The molecule has 0 aromatic heterocycles. The summed E-state index contributed by atoms with van der Waals surface area (Å²) >= 11 is 0. The van der Waals surface area contributed by atoms with Crippen LogP contribution in [0.15, 0.2) is 72.8 Å². The molecule has 0 aliphatic heterocycles. The molecule has 3 aromatic rings. The van der Waals surface area contributed by atoms with Crippen molar-refractivity contribution in [3.63, 3.8) is 0 Å². The summed E-state index contributed by atoms with van der Waals surface area (Å²) in [6, 6.07) is 22.4. The van der Waals surface area contributed by atoms with Crippen LogP contribution in [0.1, 0.15) is 21.5 Å². The van der Waals surface area contributed by atoms with E-state index in [0.29, 0.717) is 29.2 Å². The van der Waals surface area contributed by atoms with Crippen LogP contribution >= 0.6 is 0 Å². The Morgan fingerprint density at radius 2 is 1.58 bits per heavy atom. The number of amides is 2. The van der Waals surface area contributed by atoms with E-state index in [4.69, 9.17) is 4.74 Å². The van der Waals surface area contributed by atoms with E-state index in [2.05, 4.69) is 41.8 Å². The predicted molar refractivity (Wildman–Crippen MR) is 123 cm³/mol. The van der Waals surface area contributed by atoms with Gasteiger partial charge in [-0.25, -0.2) is 0 Å². The Labute approximate surface area is 182 Å². The predicted octanol–water partition coefficient (Wildman–Crippen LogP) is 2.91. The van der Waals surface area contributed by atoms with Gasteiger partial charge in [0.05, 0.1) is 25.4 Å². The fourth-order valence-corrected chi connectivity index (χ4v) is 3.25. The zero-order valence-electron chi connectivity index (χ0n) is 18.1. The number of hydrogen-bond acceptors (Lipinski definition) is 3. The molecule has 0 radical (unpaired) electrons. The molecule has 2 amide bonds. The minimum Gasteiger partial charge on any atom is -0.497 e. The van der Waals surface area contributed by atoms with Gasteiger partial charge in [-0.1, -0.05) is 42.0 Å². The van der Waals surface area contributed by atoms with Crippen LogP contribution in [0.25, 0.3) is 0 Å². The minimum absolute atomic E-state index is 0.144. The number of hydrogen-bond donors (Lipinski definition) is 3. The first-order valence-corrected chi connectivity index (χ1v) is 10.2. The second kappa shape index (κ2) is 10.4. The molecule has 0 saturated heterocycles. The van der Waals surface area contributed by atoms with Crippen LogP contribution in [-0.4, -0.2) is 32.5 Å². The lowest BCUT2D eigenvalue weighted by Gasteiger charge is -2.15. The van der Waals surface area contributed by atoms with Gasteiger partial charge < -0.3 is 20.3 Å². The highest BCUT2D eigenvalue weighted by atomic mass is 16.5. The summed E-state index contributed by atoms with van der Waals surface area (Å²) in [5, 5.41) is 5.73. The summed E-state index contributed by atoms with van der Waals surface area (Å²) in [6.07, 6.45) is 0. The third kappa shape index (κ3) is 6.42. The van der Waals surface area contributed by atoms with Crippen LogP contribution in [0.5, 0.6) is 5.75 Å². The molecule has 0 aliphatic rings. The summed E-state index contributed by atoms with van der Waals surface area (Å²) in [5.74, 6) is 0.277. The molecule has 31 heavy (non-hydrogen) atoms. The number of quaternary nitrogens is 1. The number of benzene rings is 3. The SMILES string of the molecule is COc1ccc(NC(=O)c2ccccc2NC(=O)C[NH+](C)Cc2ccc(C)cc2)cc1. The van der Waals surface area contributed by atoms with Crippen molar-refractivity contribution in [2.24, 2.45) is 0 Å². The number of rotatable bonds is 8. The normalized spacial score (nSPS) is 11.5. The lowest BCUT2D eigenvalue weighted by Crippen LogP contribution is -3.08. The van der Waals surface area contributed by atoms with Crippen LogP contribution in [0.2, 0.25) is 0 Å². The fraction of sp³-hybridized carbons (Fsp3) is 0.200. The van der Waals surface area contributed by atoms with E-state index in [1.165, 1.54) is 11.1 Å². The van der Waals surface area contributed by atoms with Gasteiger partial charge in [0.15, 0.2) is 6.54 Å². The van der Waals surface area contributed by atoms with Crippen molar-refractivity contribution in [3.8, 4) is 5.75 Å². The van der Waals surface area contributed by atoms with Crippen LogP contribution in [0.4, 0.5) is 11.4 Å². The Hall–Kier alpha value is -3.64. The van der Waals surface area contributed by atoms with Gasteiger partial charge in [-0.3, -0.25) is 9.59 Å². The van der Waals surface area contributed by atoms with Gasteiger partial charge >= 0.3 is 0 Å². The van der Waals surface area contributed by atoms with Gasteiger partial charge in [0.2, 0.25) is 0 Å². The number of anilines is 2. The summed E-state index contributed by atoms with van der Waals surface area (Å²) in [4.78, 5) is 26.4. The van der Waals surface area contributed by atoms with Crippen molar-refractivity contribution in [3.05, 3.63) is 89.5 Å². The number of ether oxygens (including phenoxy) is 1. The smallest absolute Gasteiger partial charge is 0.279 e. The average molecular weight is 419 g/mol. The fourth-order valence-electron chi connectivity index (χ4n) is 3.25. The van der Waals surface area contributed by atoms with E-state index in [1.54, 1.807) is 55.6 Å². The minimum atomic E-state index is -0.290. The van der Waals surface area contributed by atoms with E-state index in [-0.39, 0.29) is 11.8 Å². The van der Waals surface area contributed by atoms with Crippen LogP contribution in [0.3, 0.4) is 0 Å². The standard InChI is InChI=1S/C25H27N3O3/c1-18-8-10-19(11-9-18)16-28(2)17-24(29)27-23-7-5-4-6-22(23)25(30)26-20-12-14-21(31-3)15-13-20/h4-15H,16-17H2,1-3H3,(H,26,30)(H,27,29)/p+1. The molecule has 1 unspecified atom stereocenters. The molecule has 3 N–H and O–H groups in total. The van der Waals surface area contributed by atoms with E-state index in [1.807, 2.05) is 7.05 Å². The molecular formula is C25H28N3O3+. The van der Waals surface area contributed by atoms with Gasteiger partial charge in [-0.15, -0.1) is 0 Å². The Bertz CT molecular complexity index is 1030. The van der Waals surface area contributed by atoms with Gasteiger partial charge in [-0.05, 0) is 43.3 Å². The second-order valence-electron chi connectivity index (χ2n) is 7.57. The topological polar surface area (TPSA) is 71.9 Å². The molecule has 160 valence electrons. The van der Waals surface area contributed by atoms with Crippen molar-refractivity contribution in [1.29, 1.82) is 0 Å². The number of aryl methyl sites for hydroxylation is 1. The maximum absolute atomic E-state index is 12.8. The molecule has 0 bridgehead atoms. The Morgan fingerprint density at radius 3 is 2.26 bits per heavy atom. The Balaban J connectivity index is 1.61. The molecule has 0 spiro atoms. The number of methoxy groups -OCH3 is 1. The highest BCUT2D eigenvalue weighted by Gasteiger charge is 2.16. The summed E-state index contributed by atoms with van der Waals surface area (Å²) < 4.78 is 5.13. The van der Waals surface area contributed by atoms with E-state index in [9.17, 15) is 9.59 Å². The van der Waals surface area contributed by atoms with Crippen molar-refractivity contribution in [2.75, 3.05) is 31.3 Å². The number of para-hydroxylation sites is 1. The second-order valence-corrected chi connectivity index (χ2v) is 7.57. The quantitative estimate of drug-likeness (QED) is 0.527. The first-order valence-electron chi connectivity index (χ1n) is 10.2. The van der Waals surface area contributed by atoms with Crippen molar-refractivity contribution >= 4 is 23.2 Å². The van der Waals surface area contributed by atoms with Crippen molar-refractivity contribution < 1.29 is 19.2 Å². The first kappa shape index (κ1) is 22.1. The van der Waals surface area contributed by atoms with Crippen molar-refractivity contribution in [2.45, 2.75) is 13.5 Å². The van der Waals surface area contributed by atoms with E-state index >= 15 is 0 Å². The molecule has 0 heterocycles. The number of carbonyl (C=O) groups excluding carboxylic acids is 2. The molecule has 3 aromatic carbocycles. The molecule has 6 nitrogen and oxygen atoms in total. The van der Waals surface area contributed by atoms with Gasteiger partial charge in [-0.2, -0.15) is 0 Å². The van der Waals surface area contributed by atoms with Crippen LogP contribution < -0.4 is 20.3 Å². The molecular weight excluding hydrogens is 390 g/mol. The molecule has 0 saturated carbocycles. The molecule has 3 rings (SSSR count). The van der Waals surface area contributed by atoms with E-state index < -0.39 is 0 Å². The maximum atomic E-state index is 12.8. The zero-order valence-corrected chi connectivity index (χ0v) is 18.1. The Kier molecular flexibility index (Phi) is 7.40. The zero-order chi connectivity index (χ0) is 22.2. The maximum Gasteiger partial charge on any atom is 0.279 e. The van der Waals surface area contributed by atoms with Crippen molar-refractivity contribution in [1.82, 2.24) is 0 Å². The lowest BCUT2D eigenvalue weighted by molar-refractivity contribution is -0.885. The van der Waals surface area contributed by atoms with Gasteiger partial charge in [0.1, 0.15) is 12.3 Å². The molecule has 1 atom stereocenters. The number of likely N-dealkylation sites (N-methyl/N-ethyl adjacent to an activating group) is 1. The van der Waals surface area contributed by atoms with E-state index in [0.717, 1.165) is 11.4 Å². The van der Waals surface area contributed by atoms with Crippen LogP contribution in [-0.2, 0) is 11.3 Å². The highest BCUT2D eigenvalue weighted by molar-refractivity contribution is 6.10. The largest absolute Gasteiger partial charge is 0.497 e. The molecule has 6 heteroatoms. The number of nitrogens with one attached hydrogen (secondary N) is 3. The van der Waals surface area contributed by atoms with Gasteiger partial charge in [0, 0.05) is 11.3 Å². The highest BCUT2D eigenvalue weighted by Crippen LogP contribution is 2.19. The summed E-state index contributed by atoms with van der Waals surface area (Å²) in [7, 11) is 3.56. The number of carbonyl (C=O) groups is 2. The average Bonchev–Trinajstić information content (AvgIpc) is 2.76. The van der Waals surface area contributed by atoms with Crippen LogP contribution in [0, 0.1) is 6.92 Å². The lowest BCUT2D eigenvalue weighted by atomic mass is 10.1. The summed E-state index contributed by atoms with van der Waals surface area (Å²) in [6.45, 7) is 3.09.